The minimum atomic E-state index is -0.476. The van der Waals surface area contributed by atoms with Gasteiger partial charge < -0.3 is 14.5 Å². The molecule has 0 radical (unpaired) electrons. The molecule has 116 valence electrons. The lowest BCUT2D eigenvalue weighted by Gasteiger charge is -2.36. The Bertz CT molecular complexity index is 523. The van der Waals surface area contributed by atoms with Crippen LogP contribution in [0, 0.1) is 5.82 Å². The fourth-order valence-electron chi connectivity index (χ4n) is 2.16. The Kier molecular flexibility index (Phi) is 4.76. The molecule has 0 aliphatic carbocycles. The maximum absolute atomic E-state index is 13.3. The summed E-state index contributed by atoms with van der Waals surface area (Å²) >= 11 is 3.19. The highest BCUT2D eigenvalue weighted by molar-refractivity contribution is 9.10. The van der Waals surface area contributed by atoms with Crippen LogP contribution in [-0.2, 0) is 4.74 Å². The third kappa shape index (κ3) is 4.33. The van der Waals surface area contributed by atoms with Crippen molar-refractivity contribution in [2.24, 2.45) is 0 Å². The molecule has 0 atom stereocenters. The standard InChI is InChI=1S/C15H20BrFN2O2/c1-15(2,3)21-14(20)19-8-6-18(7-9-19)11-4-5-13(17)12(16)10-11/h4-5,10H,6-9H2,1-3H3. The largest absolute Gasteiger partial charge is 0.444 e. The molecule has 1 saturated heterocycles. The van der Waals surface area contributed by atoms with Gasteiger partial charge in [-0.1, -0.05) is 0 Å². The number of piperazine rings is 1. The van der Waals surface area contributed by atoms with Crippen molar-refractivity contribution < 1.29 is 13.9 Å². The Morgan fingerprint density at radius 1 is 1.24 bits per heavy atom. The molecule has 0 N–H and O–H groups in total. The van der Waals surface area contributed by atoms with E-state index in [1.165, 1.54) is 6.07 Å². The van der Waals surface area contributed by atoms with Crippen LogP contribution in [0.25, 0.3) is 0 Å². The Morgan fingerprint density at radius 3 is 2.38 bits per heavy atom. The maximum Gasteiger partial charge on any atom is 0.410 e. The SMILES string of the molecule is CC(C)(C)OC(=O)N1CCN(c2ccc(F)c(Br)c2)CC1. The highest BCUT2D eigenvalue weighted by atomic mass is 79.9. The number of carbonyl (C=O) groups is 1. The van der Waals surface area contributed by atoms with Crippen LogP contribution in [-0.4, -0.2) is 42.8 Å². The van der Waals surface area contributed by atoms with E-state index < -0.39 is 5.60 Å². The topological polar surface area (TPSA) is 32.8 Å². The van der Waals surface area contributed by atoms with Crippen LogP contribution in [0.2, 0.25) is 0 Å². The molecule has 1 aromatic rings. The summed E-state index contributed by atoms with van der Waals surface area (Å²) in [6, 6.07) is 4.96. The molecule has 6 heteroatoms. The molecule has 0 aromatic heterocycles. The monoisotopic (exact) mass is 358 g/mol. The fourth-order valence-corrected chi connectivity index (χ4v) is 2.52. The van der Waals surface area contributed by atoms with Gasteiger partial charge >= 0.3 is 6.09 Å². The molecule has 0 saturated carbocycles. The smallest absolute Gasteiger partial charge is 0.410 e. The average Bonchev–Trinajstić information content (AvgIpc) is 2.40. The molecule has 4 nitrogen and oxygen atoms in total. The summed E-state index contributed by atoms with van der Waals surface area (Å²) in [5.41, 5.74) is 0.475. The number of amides is 1. The van der Waals surface area contributed by atoms with E-state index in [9.17, 15) is 9.18 Å². The van der Waals surface area contributed by atoms with Gasteiger partial charge in [0.2, 0.25) is 0 Å². The van der Waals surface area contributed by atoms with Gasteiger partial charge in [0, 0.05) is 31.9 Å². The second kappa shape index (κ2) is 6.22. The van der Waals surface area contributed by atoms with Crippen LogP contribution in [0.15, 0.2) is 22.7 Å². The number of anilines is 1. The number of benzene rings is 1. The number of hydrogen-bond donors (Lipinski definition) is 0. The highest BCUT2D eigenvalue weighted by Gasteiger charge is 2.26. The molecule has 1 aliphatic heterocycles. The van der Waals surface area contributed by atoms with Crippen LogP contribution in [0.1, 0.15) is 20.8 Å². The zero-order valence-electron chi connectivity index (χ0n) is 12.5. The lowest BCUT2D eigenvalue weighted by atomic mass is 10.2. The van der Waals surface area contributed by atoms with Gasteiger partial charge in [0.1, 0.15) is 11.4 Å². The van der Waals surface area contributed by atoms with Gasteiger partial charge in [-0.2, -0.15) is 0 Å². The van der Waals surface area contributed by atoms with Gasteiger partial charge in [0.15, 0.2) is 0 Å². The molecule has 1 aliphatic rings. The zero-order chi connectivity index (χ0) is 15.6. The first-order valence-electron chi connectivity index (χ1n) is 6.94. The summed E-state index contributed by atoms with van der Waals surface area (Å²) in [5.74, 6) is -0.272. The van der Waals surface area contributed by atoms with Gasteiger partial charge in [0.05, 0.1) is 4.47 Å². The third-order valence-electron chi connectivity index (χ3n) is 3.20. The lowest BCUT2D eigenvalue weighted by molar-refractivity contribution is 0.0240. The van der Waals surface area contributed by atoms with Gasteiger partial charge in [-0.25, -0.2) is 9.18 Å². The Labute approximate surface area is 133 Å². The second-order valence-electron chi connectivity index (χ2n) is 6.05. The van der Waals surface area contributed by atoms with Crippen molar-refractivity contribution in [2.75, 3.05) is 31.1 Å². The summed E-state index contributed by atoms with van der Waals surface area (Å²) in [6.45, 7) is 8.19. The third-order valence-corrected chi connectivity index (χ3v) is 3.81. The van der Waals surface area contributed by atoms with Crippen molar-refractivity contribution in [2.45, 2.75) is 26.4 Å². The molecule has 0 bridgehead atoms. The Morgan fingerprint density at radius 2 is 1.86 bits per heavy atom. The average molecular weight is 359 g/mol. The van der Waals surface area contributed by atoms with Crippen LogP contribution in [0.4, 0.5) is 14.9 Å². The first kappa shape index (κ1) is 16.1. The van der Waals surface area contributed by atoms with Crippen molar-refractivity contribution >= 4 is 27.7 Å². The normalized spacial score (nSPS) is 16.0. The number of carbonyl (C=O) groups excluding carboxylic acids is 1. The van der Waals surface area contributed by atoms with E-state index in [1.54, 1.807) is 17.0 Å². The van der Waals surface area contributed by atoms with E-state index in [2.05, 4.69) is 20.8 Å². The van der Waals surface area contributed by atoms with E-state index in [0.29, 0.717) is 30.7 Å². The minimum Gasteiger partial charge on any atom is -0.444 e. The first-order valence-corrected chi connectivity index (χ1v) is 7.73. The molecular weight excluding hydrogens is 339 g/mol. The van der Waals surface area contributed by atoms with E-state index in [1.807, 2.05) is 20.8 Å². The second-order valence-corrected chi connectivity index (χ2v) is 6.91. The summed E-state index contributed by atoms with van der Waals surface area (Å²) in [4.78, 5) is 15.8. The van der Waals surface area contributed by atoms with Gasteiger partial charge in [-0.3, -0.25) is 0 Å². The van der Waals surface area contributed by atoms with Crippen LogP contribution in [0.5, 0.6) is 0 Å². The Hall–Kier alpha value is -1.30. The number of rotatable bonds is 1. The predicted octanol–water partition coefficient (Wildman–Crippen LogP) is 3.65. The van der Waals surface area contributed by atoms with Crippen LogP contribution >= 0.6 is 15.9 Å². The number of nitrogens with zero attached hydrogens (tertiary/aromatic N) is 2. The van der Waals surface area contributed by atoms with Gasteiger partial charge in [-0.15, -0.1) is 0 Å². The van der Waals surface area contributed by atoms with Crippen LogP contribution < -0.4 is 4.90 Å². The molecule has 1 fully saturated rings. The number of hydrogen-bond acceptors (Lipinski definition) is 3. The molecule has 0 spiro atoms. The molecule has 2 rings (SSSR count). The summed E-state index contributed by atoms with van der Waals surface area (Å²) in [7, 11) is 0. The fraction of sp³-hybridized carbons (Fsp3) is 0.533. The van der Waals surface area contributed by atoms with E-state index >= 15 is 0 Å². The van der Waals surface area contributed by atoms with E-state index in [4.69, 9.17) is 4.74 Å². The highest BCUT2D eigenvalue weighted by Crippen LogP contribution is 2.24. The summed E-state index contributed by atoms with van der Waals surface area (Å²) in [6.07, 6.45) is -0.276. The summed E-state index contributed by atoms with van der Waals surface area (Å²) < 4.78 is 19.1. The zero-order valence-corrected chi connectivity index (χ0v) is 14.1. The van der Waals surface area contributed by atoms with Crippen molar-refractivity contribution in [3.05, 3.63) is 28.5 Å². The van der Waals surface area contributed by atoms with Gasteiger partial charge in [0.25, 0.3) is 0 Å². The van der Waals surface area contributed by atoms with Crippen molar-refractivity contribution in [1.29, 1.82) is 0 Å². The van der Waals surface area contributed by atoms with Crippen molar-refractivity contribution in [1.82, 2.24) is 4.90 Å². The molecule has 0 unspecified atom stereocenters. The van der Waals surface area contributed by atoms with Crippen molar-refractivity contribution in [3.8, 4) is 0 Å². The summed E-state index contributed by atoms with van der Waals surface area (Å²) in [5, 5.41) is 0. The van der Waals surface area contributed by atoms with Crippen molar-refractivity contribution in [3.63, 3.8) is 0 Å². The lowest BCUT2D eigenvalue weighted by Crippen LogP contribution is -2.50. The number of ether oxygens (including phenoxy) is 1. The molecular formula is C15H20BrFN2O2. The van der Waals surface area contributed by atoms with E-state index in [0.717, 1.165) is 5.69 Å². The molecule has 1 aromatic carbocycles. The van der Waals surface area contributed by atoms with Gasteiger partial charge in [-0.05, 0) is 54.9 Å². The predicted molar refractivity (Wildman–Crippen MR) is 84.1 cm³/mol. The molecule has 1 amide bonds. The van der Waals surface area contributed by atoms with E-state index in [-0.39, 0.29) is 11.9 Å². The maximum atomic E-state index is 13.3. The van der Waals surface area contributed by atoms with Crippen LogP contribution in [0.3, 0.4) is 0 Å². The molecule has 1 heterocycles. The number of halogens is 2. The first-order chi connectivity index (χ1) is 9.76. The Balaban J connectivity index is 1.94. The molecule has 21 heavy (non-hydrogen) atoms. The minimum absolute atomic E-state index is 0.272. The quantitative estimate of drug-likeness (QED) is 0.768.